The number of ether oxygens (including phenoxy) is 1. The lowest BCUT2D eigenvalue weighted by Gasteiger charge is -2.35. The Kier molecular flexibility index (Phi) is 8.94. The maximum Gasteiger partial charge on any atom is 0.192 e. The van der Waals surface area contributed by atoms with Crippen molar-refractivity contribution in [3.05, 3.63) is 42.0 Å². The maximum absolute atomic E-state index is 5.77. The van der Waals surface area contributed by atoms with Gasteiger partial charge in [-0.3, -0.25) is 0 Å². The lowest BCUT2D eigenvalue weighted by atomic mass is 10.0. The molecule has 1 aromatic heterocycles. The van der Waals surface area contributed by atoms with Crippen LogP contribution in [0, 0.1) is 6.92 Å². The molecule has 2 N–H and O–H groups in total. The molecule has 9 heteroatoms. The van der Waals surface area contributed by atoms with E-state index < -0.39 is 0 Å². The topological polar surface area (TPSA) is 79.6 Å². The third kappa shape index (κ3) is 6.55. The summed E-state index contributed by atoms with van der Waals surface area (Å²) in [5.41, 5.74) is 1.28. The van der Waals surface area contributed by atoms with Gasteiger partial charge in [0.25, 0.3) is 0 Å². The average Bonchev–Trinajstić information content (AvgIpc) is 3.41. The van der Waals surface area contributed by atoms with Crippen molar-refractivity contribution < 1.29 is 4.74 Å². The summed E-state index contributed by atoms with van der Waals surface area (Å²) in [6, 6.07) is 11.0. The van der Waals surface area contributed by atoms with E-state index in [-0.39, 0.29) is 30.1 Å². The minimum absolute atomic E-state index is 0. The Balaban J connectivity index is 0.00000272. The summed E-state index contributed by atoms with van der Waals surface area (Å²) in [6.45, 7) is 6.14. The van der Waals surface area contributed by atoms with Crippen LogP contribution in [0.2, 0.25) is 0 Å². The Bertz CT molecular complexity index is 836. The number of piperidine rings is 1. The van der Waals surface area contributed by atoms with Gasteiger partial charge in [0, 0.05) is 45.0 Å². The van der Waals surface area contributed by atoms with Gasteiger partial charge in [0.05, 0.1) is 6.10 Å². The van der Waals surface area contributed by atoms with Gasteiger partial charge in [0.15, 0.2) is 11.8 Å². The molecule has 31 heavy (non-hydrogen) atoms. The second-order valence-corrected chi connectivity index (χ2v) is 8.17. The number of benzene rings is 1. The molecule has 0 saturated carbocycles. The molecule has 8 nitrogen and oxygen atoms in total. The number of nitrogens with one attached hydrogen (secondary N) is 2. The van der Waals surface area contributed by atoms with Crippen LogP contribution in [-0.4, -0.2) is 59.1 Å². The van der Waals surface area contributed by atoms with Crippen LogP contribution in [0.1, 0.15) is 37.3 Å². The van der Waals surface area contributed by atoms with Crippen molar-refractivity contribution in [3.63, 3.8) is 0 Å². The molecule has 0 bridgehead atoms. The molecule has 2 aromatic rings. The van der Waals surface area contributed by atoms with Crippen LogP contribution in [0.25, 0.3) is 0 Å². The van der Waals surface area contributed by atoms with Crippen LogP contribution in [0.3, 0.4) is 0 Å². The average molecular weight is 539 g/mol. The number of aliphatic imine (C=N–C) groups is 1. The number of hydrogen-bond donors (Lipinski definition) is 2. The molecule has 4 rings (SSSR count). The highest BCUT2D eigenvalue weighted by Gasteiger charge is 2.22. The molecule has 2 fully saturated rings. The van der Waals surface area contributed by atoms with Gasteiger partial charge in [-0.2, -0.15) is 0 Å². The van der Waals surface area contributed by atoms with Crippen LogP contribution < -0.4 is 15.5 Å². The zero-order valence-electron chi connectivity index (χ0n) is 18.5. The number of aromatic nitrogens is 3. The normalized spacial score (nSPS) is 21.6. The van der Waals surface area contributed by atoms with E-state index in [1.54, 1.807) is 0 Å². The van der Waals surface area contributed by atoms with E-state index in [0.29, 0.717) is 12.6 Å². The van der Waals surface area contributed by atoms with Gasteiger partial charge < -0.3 is 24.8 Å². The third-order valence-electron chi connectivity index (χ3n) is 5.97. The van der Waals surface area contributed by atoms with Crippen molar-refractivity contribution in [3.8, 4) is 0 Å². The lowest BCUT2D eigenvalue weighted by molar-refractivity contribution is 0.113. The van der Waals surface area contributed by atoms with Gasteiger partial charge in [-0.15, -0.1) is 34.2 Å². The standard InChI is InChI=1S/C22H33N7O.HI/c1-17-26-27-21(28(17)2)15-24-22(23-14-20-11-7-13-30-20)25-18-8-6-12-29(16-18)19-9-4-3-5-10-19;/h3-5,9-10,18,20H,6-8,11-16H2,1-2H3,(H2,23,24,25);1H. The first-order valence-electron chi connectivity index (χ1n) is 11.0. The van der Waals surface area contributed by atoms with Crippen LogP contribution in [0.5, 0.6) is 0 Å². The largest absolute Gasteiger partial charge is 0.376 e. The highest BCUT2D eigenvalue weighted by atomic mass is 127. The minimum atomic E-state index is 0. The molecule has 0 radical (unpaired) electrons. The van der Waals surface area contributed by atoms with Crippen molar-refractivity contribution in [1.29, 1.82) is 0 Å². The van der Waals surface area contributed by atoms with Gasteiger partial charge >= 0.3 is 0 Å². The molecule has 0 amide bonds. The summed E-state index contributed by atoms with van der Waals surface area (Å²) in [5, 5.41) is 15.5. The zero-order valence-corrected chi connectivity index (χ0v) is 20.8. The summed E-state index contributed by atoms with van der Waals surface area (Å²) < 4.78 is 7.76. The van der Waals surface area contributed by atoms with Gasteiger partial charge in [-0.1, -0.05) is 18.2 Å². The van der Waals surface area contributed by atoms with E-state index in [9.17, 15) is 0 Å². The summed E-state index contributed by atoms with van der Waals surface area (Å²) in [7, 11) is 1.98. The number of aryl methyl sites for hydroxylation is 1. The first kappa shape index (κ1) is 23.8. The molecule has 2 aliphatic rings. The molecule has 3 heterocycles. The Morgan fingerprint density at radius 1 is 1.19 bits per heavy atom. The minimum Gasteiger partial charge on any atom is -0.376 e. The SMILES string of the molecule is Cc1nnc(CN=C(NCC2CCCO2)NC2CCCN(c3ccccc3)C2)n1C.I. The highest BCUT2D eigenvalue weighted by Crippen LogP contribution is 2.19. The Morgan fingerprint density at radius 2 is 2.03 bits per heavy atom. The van der Waals surface area contributed by atoms with Gasteiger partial charge in [0.2, 0.25) is 0 Å². The van der Waals surface area contributed by atoms with Crippen molar-refractivity contribution in [2.75, 3.05) is 31.1 Å². The molecular formula is C22H34IN7O. The Labute approximate surface area is 201 Å². The lowest BCUT2D eigenvalue weighted by Crippen LogP contribution is -2.52. The fraction of sp³-hybridized carbons (Fsp3) is 0.591. The molecule has 0 aliphatic carbocycles. The summed E-state index contributed by atoms with van der Waals surface area (Å²) in [5.74, 6) is 2.58. The number of nitrogens with zero attached hydrogens (tertiary/aromatic N) is 5. The molecule has 170 valence electrons. The van der Waals surface area contributed by atoms with Crippen molar-refractivity contribution in [2.24, 2.45) is 12.0 Å². The number of rotatable bonds is 6. The number of anilines is 1. The van der Waals surface area contributed by atoms with E-state index in [4.69, 9.17) is 9.73 Å². The Morgan fingerprint density at radius 3 is 2.74 bits per heavy atom. The van der Waals surface area contributed by atoms with Crippen molar-refractivity contribution >= 4 is 35.6 Å². The molecule has 2 unspecified atom stereocenters. The second-order valence-electron chi connectivity index (χ2n) is 8.17. The molecule has 0 spiro atoms. The zero-order chi connectivity index (χ0) is 20.8. The first-order valence-corrected chi connectivity index (χ1v) is 11.0. The van der Waals surface area contributed by atoms with Gasteiger partial charge in [0.1, 0.15) is 12.4 Å². The molecular weight excluding hydrogens is 505 g/mol. The molecule has 2 saturated heterocycles. The van der Waals surface area contributed by atoms with Crippen molar-refractivity contribution in [1.82, 2.24) is 25.4 Å². The quantitative estimate of drug-likeness (QED) is 0.334. The van der Waals surface area contributed by atoms with E-state index in [0.717, 1.165) is 69.5 Å². The number of para-hydroxylation sites is 1. The van der Waals surface area contributed by atoms with Gasteiger partial charge in [-0.25, -0.2) is 4.99 Å². The second kappa shape index (κ2) is 11.7. The van der Waals surface area contributed by atoms with Crippen LogP contribution in [-0.2, 0) is 18.3 Å². The number of halogens is 1. The van der Waals surface area contributed by atoms with E-state index in [1.165, 1.54) is 5.69 Å². The van der Waals surface area contributed by atoms with Crippen LogP contribution in [0.15, 0.2) is 35.3 Å². The highest BCUT2D eigenvalue weighted by molar-refractivity contribution is 14.0. The van der Waals surface area contributed by atoms with E-state index >= 15 is 0 Å². The van der Waals surface area contributed by atoms with Gasteiger partial charge in [-0.05, 0) is 44.7 Å². The molecule has 1 aromatic carbocycles. The number of guanidine groups is 1. The summed E-state index contributed by atoms with van der Waals surface area (Å²) in [4.78, 5) is 7.27. The van der Waals surface area contributed by atoms with Crippen LogP contribution >= 0.6 is 24.0 Å². The van der Waals surface area contributed by atoms with Crippen LogP contribution in [0.4, 0.5) is 5.69 Å². The molecule has 2 atom stereocenters. The Hall–Kier alpha value is -1.88. The smallest absolute Gasteiger partial charge is 0.192 e. The number of hydrogen-bond acceptors (Lipinski definition) is 5. The predicted octanol–water partition coefficient (Wildman–Crippen LogP) is 2.62. The molecule has 2 aliphatic heterocycles. The first-order chi connectivity index (χ1) is 14.7. The predicted molar refractivity (Wildman–Crippen MR) is 134 cm³/mol. The van der Waals surface area contributed by atoms with E-state index in [2.05, 4.69) is 56.1 Å². The third-order valence-corrected chi connectivity index (χ3v) is 5.97. The summed E-state index contributed by atoms with van der Waals surface area (Å²) in [6.07, 6.45) is 4.80. The maximum atomic E-state index is 5.77. The monoisotopic (exact) mass is 539 g/mol. The fourth-order valence-corrected chi connectivity index (χ4v) is 4.07. The van der Waals surface area contributed by atoms with E-state index in [1.807, 2.05) is 18.5 Å². The summed E-state index contributed by atoms with van der Waals surface area (Å²) >= 11 is 0. The fourth-order valence-electron chi connectivity index (χ4n) is 4.07. The van der Waals surface area contributed by atoms with Crippen molar-refractivity contribution in [2.45, 2.75) is 51.3 Å².